The molecule has 2 aromatic heterocycles. The number of fused-ring (bicyclic) bond motifs is 1. The molecule has 0 spiro atoms. The molecule has 0 aliphatic carbocycles. The van der Waals surface area contributed by atoms with Gasteiger partial charge < -0.3 is 14.5 Å². The van der Waals surface area contributed by atoms with E-state index in [0.717, 1.165) is 16.8 Å². The number of ether oxygens (including phenoxy) is 1. The summed E-state index contributed by atoms with van der Waals surface area (Å²) >= 11 is 6.37. The minimum atomic E-state index is -3.68. The van der Waals surface area contributed by atoms with E-state index < -0.39 is 10.0 Å². The summed E-state index contributed by atoms with van der Waals surface area (Å²) in [6.07, 6.45) is 3.59. The Labute approximate surface area is 166 Å². The van der Waals surface area contributed by atoms with Crippen LogP contribution in [-0.4, -0.2) is 19.7 Å². The van der Waals surface area contributed by atoms with Crippen molar-refractivity contribution in [2.45, 2.75) is 23.7 Å². The maximum absolute atomic E-state index is 12.8. The molecule has 0 saturated carbocycles. The lowest BCUT2D eigenvalue weighted by Crippen LogP contribution is -2.16. The molecule has 6 nitrogen and oxygen atoms in total. The van der Waals surface area contributed by atoms with Crippen molar-refractivity contribution in [2.75, 3.05) is 10.0 Å². The second kappa shape index (κ2) is 6.99. The molecule has 4 rings (SSSR count). The molecule has 3 aromatic rings. The van der Waals surface area contributed by atoms with Gasteiger partial charge in [0.05, 0.1) is 18.2 Å². The summed E-state index contributed by atoms with van der Waals surface area (Å²) in [4.78, 5) is 0. The lowest BCUT2D eigenvalue weighted by atomic mass is 9.99. The zero-order valence-corrected chi connectivity index (χ0v) is 16.7. The van der Waals surface area contributed by atoms with Gasteiger partial charge in [-0.25, -0.2) is 8.42 Å². The molecule has 27 heavy (non-hydrogen) atoms. The van der Waals surface area contributed by atoms with Crippen molar-refractivity contribution in [1.82, 2.24) is 0 Å². The quantitative estimate of drug-likeness (QED) is 0.606. The van der Waals surface area contributed by atoms with Crippen LogP contribution < -0.4 is 10.0 Å². The number of hydrogen-bond acceptors (Lipinski definition) is 6. The van der Waals surface area contributed by atoms with Crippen molar-refractivity contribution >= 4 is 50.1 Å². The maximum Gasteiger partial charge on any atom is 0.271 e. The van der Waals surface area contributed by atoms with E-state index >= 15 is 0 Å². The van der Waals surface area contributed by atoms with Crippen molar-refractivity contribution in [3.8, 4) is 11.1 Å². The monoisotopic (exact) mass is 420 g/mol. The fourth-order valence-electron chi connectivity index (χ4n) is 2.96. The molecule has 140 valence electrons. The van der Waals surface area contributed by atoms with Gasteiger partial charge >= 0.3 is 0 Å². The summed E-state index contributed by atoms with van der Waals surface area (Å²) in [5, 5.41) is 5.10. The van der Waals surface area contributed by atoms with Crippen molar-refractivity contribution in [3.63, 3.8) is 0 Å². The highest BCUT2D eigenvalue weighted by Gasteiger charge is 2.23. The summed E-state index contributed by atoms with van der Waals surface area (Å²) in [6, 6.07) is 8.74. The number of hydrogen-bond donors (Lipinski definition) is 2. The lowest BCUT2D eigenvalue weighted by molar-refractivity contribution is 0.217. The molecule has 1 aromatic carbocycles. The van der Waals surface area contributed by atoms with Crippen LogP contribution in [0.2, 0.25) is 0 Å². The molecule has 1 unspecified atom stereocenters. The van der Waals surface area contributed by atoms with Crippen LogP contribution in [0.5, 0.6) is 0 Å². The molecule has 2 N–H and O–H groups in total. The van der Waals surface area contributed by atoms with Gasteiger partial charge in [-0.1, -0.05) is 6.07 Å². The number of thiophene rings is 1. The Kier molecular flexibility index (Phi) is 4.67. The Morgan fingerprint density at radius 3 is 2.89 bits per heavy atom. The Balaban J connectivity index is 1.83. The lowest BCUT2D eigenvalue weighted by Gasteiger charge is -2.16. The van der Waals surface area contributed by atoms with E-state index in [1.165, 1.54) is 11.3 Å². The molecule has 0 bridgehead atoms. The minimum absolute atomic E-state index is 0.118. The predicted molar refractivity (Wildman–Crippen MR) is 110 cm³/mol. The van der Waals surface area contributed by atoms with Crippen LogP contribution in [0.3, 0.4) is 0 Å². The number of rotatable bonds is 4. The average molecular weight is 421 g/mol. The van der Waals surface area contributed by atoms with E-state index in [0.29, 0.717) is 22.8 Å². The van der Waals surface area contributed by atoms with Crippen molar-refractivity contribution in [3.05, 3.63) is 53.8 Å². The first-order valence-electron chi connectivity index (χ1n) is 8.16. The highest BCUT2D eigenvalue weighted by Crippen LogP contribution is 2.37. The van der Waals surface area contributed by atoms with E-state index in [4.69, 9.17) is 21.4 Å². The Hall–Kier alpha value is -2.36. The average Bonchev–Trinajstić information content (AvgIpc) is 3.27. The van der Waals surface area contributed by atoms with E-state index in [9.17, 15) is 8.42 Å². The zero-order valence-electron chi connectivity index (χ0n) is 14.3. The van der Waals surface area contributed by atoms with Gasteiger partial charge in [0.15, 0.2) is 0 Å². The maximum atomic E-state index is 12.8. The van der Waals surface area contributed by atoms with Gasteiger partial charge in [0.2, 0.25) is 0 Å². The first kappa shape index (κ1) is 18.0. The molecular formula is C18H16N2O4S3. The first-order valence-corrected chi connectivity index (χ1v) is 10.9. The molecule has 0 saturated heterocycles. The molecule has 0 radical (unpaired) electrons. The molecule has 1 atom stereocenters. The number of anilines is 2. The number of sulfonamides is 1. The number of thiocarbonyl (C=S) groups is 1. The smallest absolute Gasteiger partial charge is 0.271 e. The standard InChI is InChI=1S/C18H16N2O4S3/c1-11-7-13-8-16(20-27(21,22)17-3-2-6-26-17)14(12-4-5-23-10-12)9-15(13)19-18(25)24-11/h2-6,8-11,20H,7H2,1H3,(H,19,25). The molecule has 1 aliphatic heterocycles. The Morgan fingerprint density at radius 1 is 1.33 bits per heavy atom. The SMILES string of the molecule is CC1Cc2cc(NS(=O)(=O)c3cccs3)c(-c3ccoc3)cc2NC(=S)O1. The molecule has 3 heterocycles. The second-order valence-electron chi connectivity index (χ2n) is 6.15. The normalized spacial score (nSPS) is 16.8. The van der Waals surface area contributed by atoms with E-state index in [1.54, 1.807) is 36.1 Å². The van der Waals surface area contributed by atoms with Gasteiger partial charge in [-0.15, -0.1) is 11.3 Å². The molecule has 9 heteroatoms. The molecular weight excluding hydrogens is 404 g/mol. The Bertz CT molecular complexity index is 1070. The van der Waals surface area contributed by atoms with Crippen LogP contribution in [0.1, 0.15) is 12.5 Å². The van der Waals surface area contributed by atoms with Crippen LogP contribution >= 0.6 is 23.6 Å². The summed E-state index contributed by atoms with van der Waals surface area (Å²) < 4.78 is 39.2. The predicted octanol–water partition coefficient (Wildman–Crippen LogP) is 4.47. The number of nitrogens with one attached hydrogen (secondary N) is 2. The van der Waals surface area contributed by atoms with E-state index in [-0.39, 0.29) is 10.3 Å². The summed E-state index contributed by atoms with van der Waals surface area (Å²) in [6.45, 7) is 1.92. The van der Waals surface area contributed by atoms with Crippen molar-refractivity contribution in [1.29, 1.82) is 0 Å². The third-order valence-corrected chi connectivity index (χ3v) is 7.09. The summed E-state index contributed by atoms with van der Waals surface area (Å²) in [5.74, 6) is 0. The highest BCUT2D eigenvalue weighted by atomic mass is 32.2. The van der Waals surface area contributed by atoms with E-state index in [2.05, 4.69) is 10.0 Å². The summed E-state index contributed by atoms with van der Waals surface area (Å²) in [5.41, 5.74) is 3.63. The van der Waals surface area contributed by atoms with Crippen LogP contribution in [-0.2, 0) is 21.2 Å². The van der Waals surface area contributed by atoms with Crippen LogP contribution in [0.25, 0.3) is 11.1 Å². The van der Waals surface area contributed by atoms with Crippen LogP contribution in [0.4, 0.5) is 11.4 Å². The minimum Gasteiger partial charge on any atom is -0.472 e. The van der Waals surface area contributed by atoms with Crippen LogP contribution in [0.15, 0.2) is 56.9 Å². The number of furan rings is 1. The van der Waals surface area contributed by atoms with Gasteiger partial charge in [-0.05, 0) is 54.4 Å². The van der Waals surface area contributed by atoms with Gasteiger partial charge in [-0.3, -0.25) is 4.72 Å². The van der Waals surface area contributed by atoms with Crippen molar-refractivity contribution < 1.29 is 17.6 Å². The molecule has 1 aliphatic rings. The van der Waals surface area contributed by atoms with E-state index in [1.807, 2.05) is 19.1 Å². The first-order chi connectivity index (χ1) is 12.9. The summed E-state index contributed by atoms with van der Waals surface area (Å²) in [7, 11) is -3.68. The van der Waals surface area contributed by atoms with Gasteiger partial charge in [0.1, 0.15) is 10.3 Å². The fourth-order valence-corrected chi connectivity index (χ4v) is 5.29. The second-order valence-corrected chi connectivity index (χ2v) is 9.38. The molecule has 0 amide bonds. The highest BCUT2D eigenvalue weighted by molar-refractivity contribution is 7.94. The fraction of sp³-hybridized carbons (Fsp3) is 0.167. The number of benzene rings is 1. The van der Waals surface area contributed by atoms with Gasteiger partial charge in [0.25, 0.3) is 15.2 Å². The largest absolute Gasteiger partial charge is 0.472 e. The van der Waals surface area contributed by atoms with Gasteiger partial charge in [0, 0.05) is 23.2 Å². The third-order valence-electron chi connectivity index (χ3n) is 4.13. The van der Waals surface area contributed by atoms with Gasteiger partial charge in [-0.2, -0.15) is 0 Å². The Morgan fingerprint density at radius 2 is 2.19 bits per heavy atom. The van der Waals surface area contributed by atoms with Crippen molar-refractivity contribution in [2.24, 2.45) is 0 Å². The molecule has 0 fully saturated rings. The zero-order chi connectivity index (χ0) is 19.0. The van der Waals surface area contributed by atoms with Crippen LogP contribution in [0, 0.1) is 0 Å². The topological polar surface area (TPSA) is 80.6 Å². The third kappa shape index (κ3) is 3.71.